The van der Waals surface area contributed by atoms with E-state index in [1.54, 1.807) is 12.1 Å². The van der Waals surface area contributed by atoms with Crippen molar-refractivity contribution in [1.29, 1.82) is 0 Å². The molecule has 0 unspecified atom stereocenters. The maximum atomic E-state index is 13.8. The molecule has 0 aliphatic rings. The van der Waals surface area contributed by atoms with Crippen LogP contribution in [0.5, 0.6) is 0 Å². The molecule has 1 aromatic heterocycles. The smallest absolute Gasteiger partial charge is 0.139 e. The van der Waals surface area contributed by atoms with Gasteiger partial charge in [-0.3, -0.25) is 0 Å². The molecule has 0 aliphatic heterocycles. The van der Waals surface area contributed by atoms with Gasteiger partial charge in [0.15, 0.2) is 0 Å². The Kier molecular flexibility index (Phi) is 6.02. The Morgan fingerprint density at radius 2 is 2.05 bits per heavy atom. The molecule has 3 nitrogen and oxygen atoms in total. The van der Waals surface area contributed by atoms with Gasteiger partial charge in [0.1, 0.15) is 11.6 Å². The molecule has 6 heteroatoms. The van der Waals surface area contributed by atoms with E-state index < -0.39 is 0 Å². The van der Waals surface area contributed by atoms with Crippen LogP contribution in [0.25, 0.3) is 11.0 Å². The van der Waals surface area contributed by atoms with Crippen molar-refractivity contribution in [3.63, 3.8) is 0 Å². The van der Waals surface area contributed by atoms with Gasteiger partial charge in [-0.15, -0.1) is 11.6 Å². The number of halogens is 3. The van der Waals surface area contributed by atoms with E-state index in [0.29, 0.717) is 16.8 Å². The maximum absolute atomic E-state index is 13.8. The molecule has 0 N–H and O–H groups in total. The van der Waals surface area contributed by atoms with Crippen LogP contribution in [0.3, 0.4) is 0 Å². The summed E-state index contributed by atoms with van der Waals surface area (Å²) >= 11 is 9.08. The van der Waals surface area contributed by atoms with E-state index in [-0.39, 0.29) is 5.82 Å². The highest BCUT2D eigenvalue weighted by Crippen LogP contribution is 2.24. The molecule has 0 saturated carbocycles. The van der Waals surface area contributed by atoms with E-state index in [1.807, 2.05) is 0 Å². The van der Waals surface area contributed by atoms with Crippen LogP contribution in [0.2, 0.25) is 0 Å². The Labute approximate surface area is 138 Å². The number of likely N-dealkylation sites (N-methyl/N-ethyl adjacent to an activating group) is 1. The second-order valence-electron chi connectivity index (χ2n) is 4.90. The summed E-state index contributed by atoms with van der Waals surface area (Å²) in [5, 5.41) is 0. The van der Waals surface area contributed by atoms with Crippen LogP contribution in [-0.4, -0.2) is 40.0 Å². The summed E-state index contributed by atoms with van der Waals surface area (Å²) in [7, 11) is 0. The van der Waals surface area contributed by atoms with E-state index in [9.17, 15) is 4.39 Å². The molecule has 116 valence electrons. The van der Waals surface area contributed by atoms with Gasteiger partial charge in [-0.25, -0.2) is 9.37 Å². The molecule has 0 aliphatic carbocycles. The van der Waals surface area contributed by atoms with E-state index in [1.165, 1.54) is 0 Å². The second-order valence-corrected chi connectivity index (χ2v) is 6.13. The Hall–Kier alpha value is -0.650. The SMILES string of the molecule is CCN(CC)CCn1c(CCCl)nc2cc(Br)c(F)cc21. The first-order chi connectivity index (χ1) is 10.1. The average Bonchev–Trinajstić information content (AvgIpc) is 2.78. The zero-order valence-corrected chi connectivity index (χ0v) is 14.7. The van der Waals surface area contributed by atoms with Gasteiger partial charge in [-0.1, -0.05) is 13.8 Å². The lowest BCUT2D eigenvalue weighted by Gasteiger charge is -2.19. The third-order valence-electron chi connectivity index (χ3n) is 3.72. The molecule has 0 bridgehead atoms. The highest BCUT2D eigenvalue weighted by molar-refractivity contribution is 9.10. The minimum atomic E-state index is -0.260. The third-order valence-corrected chi connectivity index (χ3v) is 4.52. The number of fused-ring (bicyclic) bond motifs is 1. The van der Waals surface area contributed by atoms with Gasteiger partial charge >= 0.3 is 0 Å². The number of hydrogen-bond acceptors (Lipinski definition) is 2. The molecule has 0 saturated heterocycles. The third kappa shape index (κ3) is 3.76. The zero-order valence-electron chi connectivity index (χ0n) is 12.4. The van der Waals surface area contributed by atoms with Crippen LogP contribution in [0.15, 0.2) is 16.6 Å². The van der Waals surface area contributed by atoms with Gasteiger partial charge in [-0.05, 0) is 35.1 Å². The van der Waals surface area contributed by atoms with Crippen molar-refractivity contribution in [1.82, 2.24) is 14.5 Å². The number of aryl methyl sites for hydroxylation is 1. The van der Waals surface area contributed by atoms with E-state index in [2.05, 4.69) is 44.2 Å². The summed E-state index contributed by atoms with van der Waals surface area (Å²) in [6, 6.07) is 3.28. The van der Waals surface area contributed by atoms with E-state index in [4.69, 9.17) is 11.6 Å². The molecule has 2 aromatic rings. The van der Waals surface area contributed by atoms with Crippen LogP contribution in [0, 0.1) is 5.82 Å². The Bertz CT molecular complexity index is 610. The summed E-state index contributed by atoms with van der Waals surface area (Å²) in [6.45, 7) is 8.02. The summed E-state index contributed by atoms with van der Waals surface area (Å²) < 4.78 is 16.4. The van der Waals surface area contributed by atoms with E-state index in [0.717, 1.165) is 43.0 Å². The van der Waals surface area contributed by atoms with Crippen LogP contribution in [0.1, 0.15) is 19.7 Å². The van der Waals surface area contributed by atoms with Gasteiger partial charge in [0.25, 0.3) is 0 Å². The summed E-state index contributed by atoms with van der Waals surface area (Å²) in [5.41, 5.74) is 1.64. The number of rotatable bonds is 7. The first-order valence-corrected chi connectivity index (χ1v) is 8.55. The molecule has 0 fully saturated rings. The minimum absolute atomic E-state index is 0.260. The highest BCUT2D eigenvalue weighted by atomic mass is 79.9. The van der Waals surface area contributed by atoms with Crippen LogP contribution in [0.4, 0.5) is 4.39 Å². The predicted octanol–water partition coefficient (Wildman–Crippen LogP) is 4.06. The predicted molar refractivity (Wildman–Crippen MR) is 89.6 cm³/mol. The Balaban J connectivity index is 2.38. The summed E-state index contributed by atoms with van der Waals surface area (Å²) in [4.78, 5) is 6.94. The molecule has 21 heavy (non-hydrogen) atoms. The van der Waals surface area contributed by atoms with Gasteiger partial charge < -0.3 is 9.47 Å². The number of hydrogen-bond donors (Lipinski definition) is 0. The first kappa shape index (κ1) is 16.7. The second kappa shape index (κ2) is 7.56. The van der Waals surface area contributed by atoms with Crippen LogP contribution in [-0.2, 0) is 13.0 Å². The monoisotopic (exact) mass is 375 g/mol. The zero-order chi connectivity index (χ0) is 15.4. The molecule has 0 amide bonds. The number of nitrogens with zero attached hydrogens (tertiary/aromatic N) is 3. The maximum Gasteiger partial charge on any atom is 0.139 e. The van der Waals surface area contributed by atoms with Crippen LogP contribution >= 0.6 is 27.5 Å². The van der Waals surface area contributed by atoms with E-state index >= 15 is 0 Å². The molecule has 2 rings (SSSR count). The fourth-order valence-electron chi connectivity index (χ4n) is 2.48. The van der Waals surface area contributed by atoms with Crippen molar-refractivity contribution in [2.45, 2.75) is 26.8 Å². The number of alkyl halides is 1. The average molecular weight is 377 g/mol. The number of aromatic nitrogens is 2. The molecule has 0 atom stereocenters. The minimum Gasteiger partial charge on any atom is -0.327 e. The normalized spacial score (nSPS) is 11.7. The molecular formula is C15H20BrClFN3. The Morgan fingerprint density at radius 3 is 2.67 bits per heavy atom. The largest absolute Gasteiger partial charge is 0.327 e. The Morgan fingerprint density at radius 1 is 1.33 bits per heavy atom. The number of benzene rings is 1. The lowest BCUT2D eigenvalue weighted by Crippen LogP contribution is -2.27. The highest BCUT2D eigenvalue weighted by Gasteiger charge is 2.14. The van der Waals surface area contributed by atoms with Crippen molar-refractivity contribution < 1.29 is 4.39 Å². The lowest BCUT2D eigenvalue weighted by atomic mass is 10.3. The standard InChI is InChI=1S/C15H20BrClFN3/c1-3-20(4-2)7-8-21-14-10-12(18)11(16)9-13(14)19-15(21)5-6-17/h9-10H,3-8H2,1-2H3. The number of imidazole rings is 1. The fraction of sp³-hybridized carbons (Fsp3) is 0.533. The van der Waals surface area contributed by atoms with Gasteiger partial charge in [0.05, 0.1) is 15.5 Å². The molecular weight excluding hydrogens is 357 g/mol. The first-order valence-electron chi connectivity index (χ1n) is 7.23. The van der Waals surface area contributed by atoms with Crippen molar-refractivity contribution in [2.75, 3.05) is 25.5 Å². The molecule has 0 radical (unpaired) electrons. The fourth-order valence-corrected chi connectivity index (χ4v) is 2.98. The quantitative estimate of drug-likeness (QED) is 0.679. The van der Waals surface area contributed by atoms with Gasteiger partial charge in [0, 0.05) is 31.5 Å². The molecule has 0 spiro atoms. The molecule has 1 aromatic carbocycles. The van der Waals surface area contributed by atoms with Crippen molar-refractivity contribution in [3.8, 4) is 0 Å². The topological polar surface area (TPSA) is 21.1 Å². The summed E-state index contributed by atoms with van der Waals surface area (Å²) in [6.07, 6.45) is 0.688. The lowest BCUT2D eigenvalue weighted by molar-refractivity contribution is 0.290. The van der Waals surface area contributed by atoms with Crippen molar-refractivity contribution in [2.24, 2.45) is 0 Å². The van der Waals surface area contributed by atoms with Crippen LogP contribution < -0.4 is 0 Å². The van der Waals surface area contributed by atoms with Gasteiger partial charge in [0.2, 0.25) is 0 Å². The van der Waals surface area contributed by atoms with Gasteiger partial charge in [-0.2, -0.15) is 0 Å². The van der Waals surface area contributed by atoms with Crippen molar-refractivity contribution >= 4 is 38.6 Å². The molecule has 1 heterocycles. The van der Waals surface area contributed by atoms with Crippen molar-refractivity contribution in [3.05, 3.63) is 28.2 Å². The summed E-state index contributed by atoms with van der Waals surface area (Å²) in [5.74, 6) is 1.17.